The van der Waals surface area contributed by atoms with Crippen molar-refractivity contribution < 1.29 is 28.6 Å². The Bertz CT molecular complexity index is 577. The van der Waals surface area contributed by atoms with Crippen molar-refractivity contribution in [2.45, 2.75) is 13.0 Å². The smallest absolute Gasteiger partial charge is 0.338 e. The molecular formula is C16H19NO6. The van der Waals surface area contributed by atoms with Gasteiger partial charge >= 0.3 is 11.9 Å². The van der Waals surface area contributed by atoms with E-state index in [1.54, 1.807) is 11.8 Å². The zero-order valence-electron chi connectivity index (χ0n) is 13.1. The quantitative estimate of drug-likeness (QED) is 0.766. The summed E-state index contributed by atoms with van der Waals surface area (Å²) in [4.78, 5) is 37.2. The average Bonchev–Trinajstić information content (AvgIpc) is 2.61. The summed E-state index contributed by atoms with van der Waals surface area (Å²) in [5.41, 5.74) is 0.598. The van der Waals surface area contributed by atoms with E-state index in [4.69, 9.17) is 9.47 Å². The largest absolute Gasteiger partial charge is 0.465 e. The summed E-state index contributed by atoms with van der Waals surface area (Å²) in [6.45, 7) is 3.50. The third-order valence-electron chi connectivity index (χ3n) is 3.50. The van der Waals surface area contributed by atoms with Crippen LogP contribution in [0.1, 0.15) is 27.6 Å². The number of morpholine rings is 1. The van der Waals surface area contributed by atoms with E-state index in [1.807, 2.05) is 0 Å². The first kappa shape index (κ1) is 17.0. The van der Waals surface area contributed by atoms with Gasteiger partial charge in [0.1, 0.15) is 0 Å². The van der Waals surface area contributed by atoms with Crippen molar-refractivity contribution in [3.63, 3.8) is 0 Å². The normalized spacial score (nSPS) is 15.7. The van der Waals surface area contributed by atoms with Crippen LogP contribution in [-0.4, -0.2) is 62.3 Å². The fourth-order valence-electron chi connectivity index (χ4n) is 2.18. The van der Waals surface area contributed by atoms with Gasteiger partial charge in [-0.05, 0) is 31.2 Å². The maximum atomic E-state index is 12.2. The molecule has 0 aliphatic carbocycles. The van der Waals surface area contributed by atoms with Crippen molar-refractivity contribution in [1.29, 1.82) is 0 Å². The van der Waals surface area contributed by atoms with Crippen LogP contribution < -0.4 is 0 Å². The van der Waals surface area contributed by atoms with Gasteiger partial charge in [-0.2, -0.15) is 0 Å². The molecule has 1 atom stereocenters. The Hall–Kier alpha value is -2.41. The molecule has 0 bridgehead atoms. The average molecular weight is 321 g/mol. The fraction of sp³-hybridized carbons (Fsp3) is 0.438. The highest BCUT2D eigenvalue weighted by atomic mass is 16.5. The van der Waals surface area contributed by atoms with Gasteiger partial charge in [-0.3, -0.25) is 4.79 Å². The van der Waals surface area contributed by atoms with Crippen molar-refractivity contribution in [3.8, 4) is 0 Å². The molecule has 0 aromatic heterocycles. The summed E-state index contributed by atoms with van der Waals surface area (Å²) in [5.74, 6) is -1.34. The molecular weight excluding hydrogens is 302 g/mol. The van der Waals surface area contributed by atoms with Gasteiger partial charge in [0.25, 0.3) is 5.91 Å². The van der Waals surface area contributed by atoms with Crippen LogP contribution in [0.5, 0.6) is 0 Å². The summed E-state index contributed by atoms with van der Waals surface area (Å²) in [6.07, 6.45) is -0.874. The van der Waals surface area contributed by atoms with Crippen molar-refractivity contribution in [2.75, 3.05) is 33.4 Å². The predicted molar refractivity (Wildman–Crippen MR) is 80.1 cm³/mol. The molecule has 1 aliphatic heterocycles. The number of benzene rings is 1. The maximum Gasteiger partial charge on any atom is 0.338 e. The monoisotopic (exact) mass is 321 g/mol. The number of hydrogen-bond acceptors (Lipinski definition) is 6. The van der Waals surface area contributed by atoms with Crippen molar-refractivity contribution in [2.24, 2.45) is 0 Å². The van der Waals surface area contributed by atoms with Crippen LogP contribution in [0.15, 0.2) is 24.3 Å². The first-order valence-electron chi connectivity index (χ1n) is 7.29. The zero-order valence-corrected chi connectivity index (χ0v) is 13.1. The van der Waals surface area contributed by atoms with E-state index < -0.39 is 18.0 Å². The summed E-state index contributed by atoms with van der Waals surface area (Å²) >= 11 is 0. The van der Waals surface area contributed by atoms with Crippen LogP contribution in [0, 0.1) is 0 Å². The SMILES string of the molecule is COC(=O)c1ccc(C(=O)OC(C)C(=O)N2CCOCC2)cc1. The van der Waals surface area contributed by atoms with E-state index in [2.05, 4.69) is 4.74 Å². The molecule has 1 aliphatic rings. The number of esters is 2. The molecule has 124 valence electrons. The number of ether oxygens (including phenoxy) is 3. The second-order valence-electron chi connectivity index (χ2n) is 5.05. The Kier molecular flexibility index (Phi) is 5.70. The minimum absolute atomic E-state index is 0.243. The summed E-state index contributed by atoms with van der Waals surface area (Å²) in [7, 11) is 1.28. The molecule has 1 aromatic rings. The molecule has 0 saturated carbocycles. The van der Waals surface area contributed by atoms with Crippen LogP contribution in [0.3, 0.4) is 0 Å². The second kappa shape index (κ2) is 7.73. The van der Waals surface area contributed by atoms with Crippen LogP contribution in [0.2, 0.25) is 0 Å². The molecule has 1 fully saturated rings. The highest BCUT2D eigenvalue weighted by molar-refractivity contribution is 5.94. The number of nitrogens with zero attached hydrogens (tertiary/aromatic N) is 1. The maximum absolute atomic E-state index is 12.2. The van der Waals surface area contributed by atoms with Gasteiger partial charge in [0.2, 0.25) is 0 Å². The standard InChI is InChI=1S/C16H19NO6/c1-11(14(18)17-7-9-22-10-8-17)23-16(20)13-5-3-12(4-6-13)15(19)21-2/h3-6,11H,7-10H2,1-2H3. The number of methoxy groups -OCH3 is 1. The molecule has 7 nitrogen and oxygen atoms in total. The fourth-order valence-corrected chi connectivity index (χ4v) is 2.18. The van der Waals surface area contributed by atoms with Crippen molar-refractivity contribution >= 4 is 17.8 Å². The Morgan fingerprint density at radius 2 is 1.57 bits per heavy atom. The van der Waals surface area contributed by atoms with Gasteiger partial charge in [0.15, 0.2) is 6.10 Å². The molecule has 0 N–H and O–H groups in total. The lowest BCUT2D eigenvalue weighted by atomic mass is 10.1. The number of amides is 1. The molecule has 1 unspecified atom stereocenters. The highest BCUT2D eigenvalue weighted by Gasteiger charge is 2.25. The number of hydrogen-bond donors (Lipinski definition) is 0. The van der Waals surface area contributed by atoms with Gasteiger partial charge in [0.05, 0.1) is 31.5 Å². The number of carbonyl (C=O) groups excluding carboxylic acids is 3. The van der Waals surface area contributed by atoms with Gasteiger partial charge < -0.3 is 19.1 Å². The molecule has 1 saturated heterocycles. The lowest BCUT2D eigenvalue weighted by Gasteiger charge is -2.28. The van der Waals surface area contributed by atoms with Crippen molar-refractivity contribution in [3.05, 3.63) is 35.4 Å². The van der Waals surface area contributed by atoms with E-state index in [-0.39, 0.29) is 11.5 Å². The van der Waals surface area contributed by atoms with Crippen LogP contribution in [0.4, 0.5) is 0 Å². The van der Waals surface area contributed by atoms with Gasteiger partial charge in [-0.1, -0.05) is 0 Å². The molecule has 23 heavy (non-hydrogen) atoms. The second-order valence-corrected chi connectivity index (χ2v) is 5.05. The van der Waals surface area contributed by atoms with E-state index >= 15 is 0 Å². The molecule has 7 heteroatoms. The van der Waals surface area contributed by atoms with E-state index in [0.29, 0.717) is 31.9 Å². The highest BCUT2D eigenvalue weighted by Crippen LogP contribution is 2.10. The minimum Gasteiger partial charge on any atom is -0.465 e. The number of rotatable bonds is 4. The summed E-state index contributed by atoms with van der Waals surface area (Å²) in [5, 5.41) is 0. The summed E-state index contributed by atoms with van der Waals surface area (Å²) in [6, 6.07) is 5.86. The molecule has 2 rings (SSSR count). The van der Waals surface area contributed by atoms with Gasteiger partial charge in [-0.25, -0.2) is 9.59 Å². The summed E-state index contributed by atoms with van der Waals surface area (Å²) < 4.78 is 15.0. The number of carbonyl (C=O) groups is 3. The third kappa shape index (κ3) is 4.29. The topological polar surface area (TPSA) is 82.1 Å². The van der Waals surface area contributed by atoms with Crippen LogP contribution in [-0.2, 0) is 19.0 Å². The molecule has 1 aromatic carbocycles. The van der Waals surface area contributed by atoms with Gasteiger partial charge in [0, 0.05) is 13.1 Å². The van der Waals surface area contributed by atoms with Crippen molar-refractivity contribution in [1.82, 2.24) is 4.90 Å². The van der Waals surface area contributed by atoms with E-state index in [1.165, 1.54) is 31.4 Å². The lowest BCUT2D eigenvalue weighted by Crippen LogP contribution is -2.46. The lowest BCUT2D eigenvalue weighted by molar-refractivity contribution is -0.143. The molecule has 0 spiro atoms. The predicted octanol–water partition coefficient (Wildman–Crippen LogP) is 0.877. The minimum atomic E-state index is -0.874. The van der Waals surface area contributed by atoms with Crippen LogP contribution >= 0.6 is 0 Å². The third-order valence-corrected chi connectivity index (χ3v) is 3.50. The first-order chi connectivity index (χ1) is 11.0. The van der Waals surface area contributed by atoms with Gasteiger partial charge in [-0.15, -0.1) is 0 Å². The molecule has 1 heterocycles. The Morgan fingerprint density at radius 3 is 2.09 bits per heavy atom. The molecule has 0 radical (unpaired) electrons. The Balaban J connectivity index is 1.95. The Labute approximate surface area is 134 Å². The van der Waals surface area contributed by atoms with Crippen LogP contribution in [0.25, 0.3) is 0 Å². The van der Waals surface area contributed by atoms with E-state index in [0.717, 1.165) is 0 Å². The molecule has 1 amide bonds. The van der Waals surface area contributed by atoms with E-state index in [9.17, 15) is 14.4 Å². The zero-order chi connectivity index (χ0) is 16.8. The Morgan fingerprint density at radius 1 is 1.04 bits per heavy atom. The first-order valence-corrected chi connectivity index (χ1v) is 7.29.